The second kappa shape index (κ2) is 3.22. The fourth-order valence-electron chi connectivity index (χ4n) is 0.674. The van der Waals surface area contributed by atoms with Crippen LogP contribution in [0.4, 0.5) is 0 Å². The van der Waals surface area contributed by atoms with Crippen LogP contribution >= 0.6 is 0 Å². The molecule has 1 aromatic rings. The van der Waals surface area contributed by atoms with Gasteiger partial charge in [0.15, 0.2) is 0 Å². The minimum Gasteiger partial charge on any atom is -0.476 e. The van der Waals surface area contributed by atoms with E-state index in [2.05, 4.69) is 6.92 Å². The van der Waals surface area contributed by atoms with Crippen LogP contribution in [0.5, 0.6) is 5.75 Å². The van der Waals surface area contributed by atoms with Gasteiger partial charge in [-0.3, -0.25) is 5.73 Å². The van der Waals surface area contributed by atoms with Gasteiger partial charge in [-0.2, -0.15) is 0 Å². The lowest BCUT2D eigenvalue weighted by Crippen LogP contribution is -2.22. The Labute approximate surface area is 60.6 Å². The van der Waals surface area contributed by atoms with Crippen molar-refractivity contribution in [2.75, 3.05) is 0 Å². The molecule has 0 bridgehead atoms. The summed E-state index contributed by atoms with van der Waals surface area (Å²) in [5, 5.41) is 0. The van der Waals surface area contributed by atoms with Crippen molar-refractivity contribution in [1.29, 1.82) is 0 Å². The summed E-state index contributed by atoms with van der Waals surface area (Å²) < 4.78 is 5.08. The minimum absolute atomic E-state index is 0.484. The molecule has 0 saturated heterocycles. The number of rotatable bonds is 2. The van der Waals surface area contributed by atoms with Crippen LogP contribution in [0, 0.1) is 6.92 Å². The molecule has 0 amide bonds. The van der Waals surface area contributed by atoms with Crippen LogP contribution in [0.1, 0.15) is 0 Å². The topological polar surface area (TPSA) is 35.2 Å². The lowest BCUT2D eigenvalue weighted by atomic mass is 10.3. The maximum Gasteiger partial charge on any atom is 0.147 e. The molecule has 2 nitrogen and oxygen atoms in total. The third-order valence-corrected chi connectivity index (χ3v) is 1.03. The van der Waals surface area contributed by atoms with Gasteiger partial charge in [0.2, 0.25) is 0 Å². The van der Waals surface area contributed by atoms with E-state index < -0.39 is 6.23 Å². The van der Waals surface area contributed by atoms with Crippen LogP contribution in [-0.4, -0.2) is 6.23 Å². The van der Waals surface area contributed by atoms with Gasteiger partial charge in [-0.05, 0) is 12.1 Å². The Bertz CT molecular complexity index is 184. The van der Waals surface area contributed by atoms with E-state index in [9.17, 15) is 0 Å². The first-order chi connectivity index (χ1) is 4.79. The van der Waals surface area contributed by atoms with Gasteiger partial charge in [0, 0.05) is 6.92 Å². The van der Waals surface area contributed by atoms with Gasteiger partial charge >= 0.3 is 0 Å². The zero-order valence-electron chi connectivity index (χ0n) is 5.66. The number of para-hydroxylation sites is 1. The van der Waals surface area contributed by atoms with E-state index in [0.717, 1.165) is 5.75 Å². The van der Waals surface area contributed by atoms with E-state index >= 15 is 0 Å². The van der Waals surface area contributed by atoms with Crippen molar-refractivity contribution in [2.45, 2.75) is 6.23 Å². The summed E-state index contributed by atoms with van der Waals surface area (Å²) in [7, 11) is 0. The molecular weight excluding hydrogens is 126 g/mol. The number of benzene rings is 1. The molecule has 2 heteroatoms. The molecule has 10 heavy (non-hydrogen) atoms. The summed E-state index contributed by atoms with van der Waals surface area (Å²) in [5.74, 6) is 0.755. The second-order valence-corrected chi connectivity index (χ2v) is 1.97. The molecular formula is C8H10NO. The fraction of sp³-hybridized carbons (Fsp3) is 0.125. The first kappa shape index (κ1) is 7.09. The largest absolute Gasteiger partial charge is 0.476 e. The van der Waals surface area contributed by atoms with Crippen LogP contribution in [-0.2, 0) is 0 Å². The van der Waals surface area contributed by atoms with Crippen molar-refractivity contribution in [3.63, 3.8) is 0 Å². The molecule has 1 rings (SSSR count). The highest BCUT2D eigenvalue weighted by atomic mass is 16.5. The first-order valence-electron chi connectivity index (χ1n) is 3.09. The molecule has 0 heterocycles. The van der Waals surface area contributed by atoms with Crippen molar-refractivity contribution in [3.05, 3.63) is 37.3 Å². The first-order valence-corrected chi connectivity index (χ1v) is 3.09. The predicted octanol–water partition coefficient (Wildman–Crippen LogP) is 1.18. The van der Waals surface area contributed by atoms with Gasteiger partial charge in [0.25, 0.3) is 0 Å². The third-order valence-electron chi connectivity index (χ3n) is 1.03. The normalized spacial score (nSPS) is 12.6. The lowest BCUT2D eigenvalue weighted by molar-refractivity contribution is 0.255. The molecule has 1 atom stereocenters. The highest BCUT2D eigenvalue weighted by molar-refractivity contribution is 5.21. The van der Waals surface area contributed by atoms with Crippen LogP contribution in [0.3, 0.4) is 0 Å². The van der Waals surface area contributed by atoms with Crippen LogP contribution < -0.4 is 10.5 Å². The second-order valence-electron chi connectivity index (χ2n) is 1.97. The Kier molecular flexibility index (Phi) is 2.29. The van der Waals surface area contributed by atoms with Crippen LogP contribution in [0.2, 0.25) is 0 Å². The number of hydrogen-bond donors (Lipinski definition) is 1. The van der Waals surface area contributed by atoms with Gasteiger partial charge in [0.05, 0.1) is 0 Å². The molecule has 1 unspecified atom stereocenters. The summed E-state index contributed by atoms with van der Waals surface area (Å²) in [5.41, 5.74) is 5.29. The molecule has 1 radical (unpaired) electrons. The summed E-state index contributed by atoms with van der Waals surface area (Å²) in [6, 6.07) is 9.37. The molecule has 0 fully saturated rings. The maximum absolute atomic E-state index is 5.29. The SMILES string of the molecule is [CH2]C(N)Oc1ccccc1. The Hall–Kier alpha value is -1.02. The molecule has 1 aromatic carbocycles. The lowest BCUT2D eigenvalue weighted by Gasteiger charge is -2.07. The number of hydrogen-bond acceptors (Lipinski definition) is 2. The standard InChI is InChI=1S/C8H10NO/c1-7(9)10-8-5-3-2-4-6-8/h2-7H,1,9H2. The third kappa shape index (κ3) is 2.07. The molecule has 0 aromatic heterocycles. The Balaban J connectivity index is 2.59. The summed E-state index contributed by atoms with van der Waals surface area (Å²) in [6.07, 6.45) is -0.484. The Morgan fingerprint density at radius 3 is 2.40 bits per heavy atom. The van der Waals surface area contributed by atoms with E-state index in [1.54, 1.807) is 0 Å². The van der Waals surface area contributed by atoms with Gasteiger partial charge < -0.3 is 4.74 Å². The number of nitrogens with two attached hydrogens (primary N) is 1. The smallest absolute Gasteiger partial charge is 0.147 e. The van der Waals surface area contributed by atoms with E-state index in [1.165, 1.54) is 0 Å². The van der Waals surface area contributed by atoms with Gasteiger partial charge in [-0.1, -0.05) is 18.2 Å². The molecule has 2 N–H and O–H groups in total. The molecule has 53 valence electrons. The van der Waals surface area contributed by atoms with Crippen LogP contribution in [0.25, 0.3) is 0 Å². The summed E-state index contributed by atoms with van der Waals surface area (Å²) in [6.45, 7) is 3.49. The van der Waals surface area contributed by atoms with E-state index in [-0.39, 0.29) is 0 Å². The van der Waals surface area contributed by atoms with Crippen molar-refractivity contribution in [1.82, 2.24) is 0 Å². The van der Waals surface area contributed by atoms with Gasteiger partial charge in [0.1, 0.15) is 12.0 Å². The quantitative estimate of drug-likeness (QED) is 0.620. The predicted molar refractivity (Wildman–Crippen MR) is 40.4 cm³/mol. The molecule has 0 saturated carbocycles. The van der Waals surface area contributed by atoms with Crippen LogP contribution in [0.15, 0.2) is 30.3 Å². The van der Waals surface area contributed by atoms with Crippen molar-refractivity contribution >= 4 is 0 Å². The highest BCUT2D eigenvalue weighted by Gasteiger charge is 1.93. The Morgan fingerprint density at radius 2 is 1.90 bits per heavy atom. The van der Waals surface area contributed by atoms with Gasteiger partial charge in [-0.25, -0.2) is 0 Å². The summed E-state index contributed by atoms with van der Waals surface area (Å²) in [4.78, 5) is 0. The van der Waals surface area contributed by atoms with Crippen molar-refractivity contribution in [2.24, 2.45) is 5.73 Å². The van der Waals surface area contributed by atoms with Crippen molar-refractivity contribution in [3.8, 4) is 5.75 Å². The molecule has 0 aliphatic rings. The monoisotopic (exact) mass is 136 g/mol. The molecule has 0 aliphatic carbocycles. The molecule has 0 aliphatic heterocycles. The Morgan fingerprint density at radius 1 is 1.30 bits per heavy atom. The minimum atomic E-state index is -0.484. The highest BCUT2D eigenvalue weighted by Crippen LogP contribution is 2.08. The van der Waals surface area contributed by atoms with Gasteiger partial charge in [-0.15, -0.1) is 0 Å². The van der Waals surface area contributed by atoms with E-state index in [0.29, 0.717) is 0 Å². The average molecular weight is 136 g/mol. The maximum atomic E-state index is 5.29. The fourth-order valence-corrected chi connectivity index (χ4v) is 0.674. The van der Waals surface area contributed by atoms with E-state index in [4.69, 9.17) is 10.5 Å². The zero-order chi connectivity index (χ0) is 7.40. The zero-order valence-corrected chi connectivity index (χ0v) is 5.66. The molecule has 0 spiro atoms. The van der Waals surface area contributed by atoms with Crippen molar-refractivity contribution < 1.29 is 4.74 Å². The summed E-state index contributed by atoms with van der Waals surface area (Å²) >= 11 is 0. The number of ether oxygens (including phenoxy) is 1. The van der Waals surface area contributed by atoms with E-state index in [1.807, 2.05) is 30.3 Å². The average Bonchev–Trinajstić information content (AvgIpc) is 1.88.